The molecule has 0 aliphatic heterocycles. The summed E-state index contributed by atoms with van der Waals surface area (Å²) in [6.07, 6.45) is 3.55. The lowest BCUT2D eigenvalue weighted by molar-refractivity contribution is -0.136. The average molecular weight is 599 g/mol. The molecule has 0 aliphatic carbocycles. The fourth-order valence-corrected chi connectivity index (χ4v) is 6.02. The summed E-state index contributed by atoms with van der Waals surface area (Å²) in [6, 6.07) is 17.7. The molecule has 0 bridgehead atoms. The molecule has 0 amide bonds. The van der Waals surface area contributed by atoms with Gasteiger partial charge in [-0.3, -0.25) is 14.9 Å². The molecule has 0 radical (unpaired) electrons. The van der Waals surface area contributed by atoms with Crippen LogP contribution in [0.3, 0.4) is 0 Å². The standard InChI is InChI=1S/C29H21ClN4O2S.C4H10O/c1-15-10-24-28(26(22(15)13-25(35)36)17-3-5-21(30)6-4-17)37-29(33-24)18-7-8-31-23(12-18)19-9-16(2)27-20(11-19)14-32-34-27;1-4(2,3)5/h3-12,14H,13H2,1-2H3,(H,32,34)(H,35,36);5H,1-3H3. The molecule has 6 aromatic rings. The second-order valence-electron chi connectivity index (χ2n) is 11.2. The molecule has 42 heavy (non-hydrogen) atoms. The van der Waals surface area contributed by atoms with Crippen LogP contribution in [0.1, 0.15) is 37.5 Å². The molecule has 0 unspecified atom stereocenters. The minimum atomic E-state index is -0.869. The van der Waals surface area contributed by atoms with E-state index in [1.807, 2.05) is 55.6 Å². The van der Waals surface area contributed by atoms with Crippen molar-refractivity contribution >= 4 is 50.0 Å². The van der Waals surface area contributed by atoms with E-state index in [1.54, 1.807) is 38.3 Å². The topological polar surface area (TPSA) is 112 Å². The molecule has 7 nitrogen and oxygen atoms in total. The number of hydrogen-bond donors (Lipinski definition) is 3. The zero-order valence-electron chi connectivity index (χ0n) is 24.0. The number of fused-ring (bicyclic) bond motifs is 2. The number of benzene rings is 3. The molecular weight excluding hydrogens is 568 g/mol. The van der Waals surface area contributed by atoms with Crippen molar-refractivity contribution in [2.75, 3.05) is 0 Å². The largest absolute Gasteiger partial charge is 0.481 e. The van der Waals surface area contributed by atoms with Gasteiger partial charge in [-0.05, 0) is 99.3 Å². The Hall–Kier alpha value is -4.11. The second kappa shape index (κ2) is 11.6. The number of pyridine rings is 1. The summed E-state index contributed by atoms with van der Waals surface area (Å²) in [5.74, 6) is -0.869. The van der Waals surface area contributed by atoms with Crippen LogP contribution in [0, 0.1) is 13.8 Å². The Kier molecular flexibility index (Phi) is 8.14. The van der Waals surface area contributed by atoms with Gasteiger partial charge in [0.25, 0.3) is 0 Å². The second-order valence-corrected chi connectivity index (χ2v) is 12.7. The highest BCUT2D eigenvalue weighted by molar-refractivity contribution is 7.22. The molecule has 3 aromatic carbocycles. The molecule has 214 valence electrons. The minimum absolute atomic E-state index is 0.0673. The molecule has 6 rings (SSSR count). The van der Waals surface area contributed by atoms with Gasteiger partial charge in [0.05, 0.1) is 39.6 Å². The van der Waals surface area contributed by atoms with Gasteiger partial charge in [0.15, 0.2) is 0 Å². The first kappa shape index (κ1) is 29.4. The fourth-order valence-electron chi connectivity index (χ4n) is 4.76. The molecule has 0 atom stereocenters. The number of nitrogens with zero attached hydrogens (tertiary/aromatic N) is 3. The summed E-state index contributed by atoms with van der Waals surface area (Å²) in [7, 11) is 0. The number of hydrogen-bond acceptors (Lipinski definition) is 6. The zero-order valence-corrected chi connectivity index (χ0v) is 25.6. The van der Waals surface area contributed by atoms with E-state index in [0.29, 0.717) is 5.02 Å². The van der Waals surface area contributed by atoms with E-state index < -0.39 is 11.6 Å². The smallest absolute Gasteiger partial charge is 0.307 e. The normalized spacial score (nSPS) is 11.5. The summed E-state index contributed by atoms with van der Waals surface area (Å²) < 4.78 is 0.952. The third kappa shape index (κ3) is 6.51. The van der Waals surface area contributed by atoms with Crippen LogP contribution in [0.4, 0.5) is 0 Å². The van der Waals surface area contributed by atoms with Crippen LogP contribution in [0.25, 0.3) is 54.1 Å². The third-order valence-electron chi connectivity index (χ3n) is 6.52. The van der Waals surface area contributed by atoms with E-state index in [-0.39, 0.29) is 6.42 Å². The molecule has 0 saturated heterocycles. The molecule has 9 heteroatoms. The molecular formula is C33H31ClN4O3S. The van der Waals surface area contributed by atoms with E-state index in [0.717, 1.165) is 70.8 Å². The van der Waals surface area contributed by atoms with Crippen molar-refractivity contribution < 1.29 is 15.0 Å². The number of carboxylic acid groups (broad SMARTS) is 1. The van der Waals surface area contributed by atoms with Gasteiger partial charge in [0.1, 0.15) is 5.01 Å². The van der Waals surface area contributed by atoms with Gasteiger partial charge >= 0.3 is 5.97 Å². The van der Waals surface area contributed by atoms with Gasteiger partial charge in [-0.15, -0.1) is 11.3 Å². The predicted molar refractivity (Wildman–Crippen MR) is 171 cm³/mol. The molecule has 0 saturated carbocycles. The van der Waals surface area contributed by atoms with Crippen molar-refractivity contribution in [3.8, 4) is 33.0 Å². The van der Waals surface area contributed by atoms with Gasteiger partial charge in [0, 0.05) is 33.3 Å². The number of thiazole rings is 1. The maximum atomic E-state index is 11.7. The van der Waals surface area contributed by atoms with E-state index in [1.165, 1.54) is 0 Å². The van der Waals surface area contributed by atoms with Gasteiger partial charge in [-0.25, -0.2) is 4.98 Å². The van der Waals surface area contributed by atoms with Crippen molar-refractivity contribution in [2.24, 2.45) is 0 Å². The SMILES string of the molecule is CC(C)(C)O.Cc1cc2nc(-c3ccnc(-c4cc(C)c5[nH]ncc5c4)c3)sc2c(-c2ccc(Cl)cc2)c1CC(=O)O. The van der Waals surface area contributed by atoms with E-state index >= 15 is 0 Å². The highest BCUT2D eigenvalue weighted by atomic mass is 35.5. The van der Waals surface area contributed by atoms with Crippen LogP contribution in [0.2, 0.25) is 5.02 Å². The highest BCUT2D eigenvalue weighted by Crippen LogP contribution is 2.41. The number of rotatable bonds is 5. The van der Waals surface area contributed by atoms with Crippen LogP contribution in [-0.2, 0) is 11.2 Å². The number of aromatic nitrogens is 4. The molecule has 3 N–H and O–H groups in total. The number of aromatic amines is 1. The van der Waals surface area contributed by atoms with E-state index in [2.05, 4.69) is 34.2 Å². The molecule has 0 aliphatic rings. The monoisotopic (exact) mass is 598 g/mol. The first-order valence-electron chi connectivity index (χ1n) is 13.4. The summed E-state index contributed by atoms with van der Waals surface area (Å²) in [6.45, 7) is 9.22. The molecule has 3 aromatic heterocycles. The number of carboxylic acids is 1. The van der Waals surface area contributed by atoms with Gasteiger partial charge in [-0.1, -0.05) is 23.7 Å². The summed E-state index contributed by atoms with van der Waals surface area (Å²) in [5.41, 5.74) is 8.78. The Bertz CT molecular complexity index is 1910. The van der Waals surface area contributed by atoms with Crippen molar-refractivity contribution in [1.29, 1.82) is 0 Å². The van der Waals surface area contributed by atoms with Crippen LogP contribution in [0.15, 0.2) is 67.0 Å². The molecule has 3 heterocycles. The first-order chi connectivity index (χ1) is 19.9. The summed E-state index contributed by atoms with van der Waals surface area (Å²) >= 11 is 7.70. The predicted octanol–water partition coefficient (Wildman–Crippen LogP) is 8.24. The van der Waals surface area contributed by atoms with Gasteiger partial charge in [0.2, 0.25) is 0 Å². The Balaban J connectivity index is 0.000000652. The van der Waals surface area contributed by atoms with Crippen LogP contribution < -0.4 is 0 Å². The summed E-state index contributed by atoms with van der Waals surface area (Å²) in [4.78, 5) is 21.3. The fraction of sp³-hybridized carbons (Fsp3) is 0.212. The number of carbonyl (C=O) groups is 1. The minimum Gasteiger partial charge on any atom is -0.481 e. The third-order valence-corrected chi connectivity index (χ3v) is 7.91. The number of aryl methyl sites for hydroxylation is 2. The van der Waals surface area contributed by atoms with Crippen LogP contribution >= 0.6 is 22.9 Å². The lowest BCUT2D eigenvalue weighted by Gasteiger charge is -2.13. The lowest BCUT2D eigenvalue weighted by atomic mass is 9.93. The molecule has 0 spiro atoms. The van der Waals surface area contributed by atoms with Gasteiger partial charge in [-0.2, -0.15) is 5.10 Å². The Morgan fingerprint density at radius 2 is 1.69 bits per heavy atom. The van der Waals surface area contributed by atoms with Crippen molar-refractivity contribution in [1.82, 2.24) is 20.2 Å². The molecule has 0 fully saturated rings. The lowest BCUT2D eigenvalue weighted by Crippen LogP contribution is -2.10. The van der Waals surface area contributed by atoms with Crippen molar-refractivity contribution in [3.63, 3.8) is 0 Å². The highest BCUT2D eigenvalue weighted by Gasteiger charge is 2.20. The number of halogens is 1. The zero-order chi connectivity index (χ0) is 30.2. The number of nitrogens with one attached hydrogen (secondary N) is 1. The maximum Gasteiger partial charge on any atom is 0.307 e. The first-order valence-corrected chi connectivity index (χ1v) is 14.6. The number of H-pyrrole nitrogens is 1. The maximum absolute atomic E-state index is 11.7. The van der Waals surface area contributed by atoms with Crippen LogP contribution in [0.5, 0.6) is 0 Å². The van der Waals surface area contributed by atoms with Crippen molar-refractivity contribution in [2.45, 2.75) is 46.6 Å². The quantitative estimate of drug-likeness (QED) is 0.184. The van der Waals surface area contributed by atoms with Gasteiger partial charge < -0.3 is 10.2 Å². The number of aliphatic hydroxyl groups is 1. The van der Waals surface area contributed by atoms with E-state index in [4.69, 9.17) is 21.7 Å². The Labute approximate surface area is 252 Å². The average Bonchev–Trinajstić information content (AvgIpc) is 3.56. The Morgan fingerprint density at radius 1 is 0.976 bits per heavy atom. The van der Waals surface area contributed by atoms with Crippen molar-refractivity contribution in [3.05, 3.63) is 88.7 Å². The van der Waals surface area contributed by atoms with Crippen LogP contribution in [-0.4, -0.2) is 41.9 Å². The summed E-state index contributed by atoms with van der Waals surface area (Å²) in [5, 5.41) is 27.9. The van der Waals surface area contributed by atoms with E-state index in [9.17, 15) is 9.90 Å². The Morgan fingerprint density at radius 3 is 2.38 bits per heavy atom. The number of aliphatic carboxylic acids is 1.